The molecule has 0 saturated heterocycles. The van der Waals surface area contributed by atoms with E-state index in [0.717, 1.165) is 16.8 Å². The second kappa shape index (κ2) is 8.76. The van der Waals surface area contributed by atoms with Gasteiger partial charge in [-0.05, 0) is 18.6 Å². The van der Waals surface area contributed by atoms with E-state index in [-0.39, 0.29) is 23.4 Å². The average molecular weight is 447 g/mol. The van der Waals surface area contributed by atoms with E-state index in [1.54, 1.807) is 7.05 Å². The summed E-state index contributed by atoms with van der Waals surface area (Å²) in [6.45, 7) is 3.42. The van der Waals surface area contributed by atoms with E-state index >= 15 is 0 Å². The van der Waals surface area contributed by atoms with Crippen molar-refractivity contribution in [2.45, 2.75) is 19.9 Å². The van der Waals surface area contributed by atoms with Crippen LogP contribution in [0.4, 0.5) is 5.13 Å². The molecule has 2 amide bonds. The summed E-state index contributed by atoms with van der Waals surface area (Å²) in [6, 6.07) is 16.3. The smallest absolute Gasteiger partial charge is 0.258 e. The van der Waals surface area contributed by atoms with Gasteiger partial charge >= 0.3 is 0 Å². The van der Waals surface area contributed by atoms with Crippen molar-refractivity contribution in [3.8, 4) is 11.3 Å². The summed E-state index contributed by atoms with van der Waals surface area (Å²) in [5.41, 5.74) is 3.39. The van der Waals surface area contributed by atoms with Gasteiger partial charge in [-0.1, -0.05) is 42.5 Å². The molecule has 2 heterocycles. The van der Waals surface area contributed by atoms with Crippen molar-refractivity contribution in [1.82, 2.24) is 14.9 Å². The molecule has 2 N–H and O–H groups in total. The molecule has 162 valence electrons. The quantitative estimate of drug-likeness (QED) is 0.482. The fourth-order valence-electron chi connectivity index (χ4n) is 3.56. The van der Waals surface area contributed by atoms with Crippen molar-refractivity contribution in [2.75, 3.05) is 5.32 Å². The van der Waals surface area contributed by atoms with Crippen LogP contribution in [0.1, 0.15) is 35.8 Å². The first-order chi connectivity index (χ1) is 15.3. The maximum Gasteiger partial charge on any atom is 0.258 e. The number of benzene rings is 2. The highest BCUT2D eigenvalue weighted by Gasteiger charge is 2.15. The lowest BCUT2D eigenvalue weighted by molar-refractivity contribution is -0.119. The molecule has 0 aliphatic heterocycles. The van der Waals surface area contributed by atoms with Crippen LogP contribution < -0.4 is 16.2 Å². The molecule has 0 radical (unpaired) electrons. The van der Waals surface area contributed by atoms with Crippen LogP contribution in [0.5, 0.6) is 0 Å². The molecule has 2 aromatic carbocycles. The average Bonchev–Trinajstić information content (AvgIpc) is 3.24. The van der Waals surface area contributed by atoms with Crippen LogP contribution in [0.2, 0.25) is 0 Å². The number of nitrogens with zero attached hydrogens (tertiary/aromatic N) is 2. The highest BCUT2D eigenvalue weighted by molar-refractivity contribution is 7.14. The Morgan fingerprint density at radius 1 is 1.09 bits per heavy atom. The maximum atomic E-state index is 12.9. The molecule has 0 bridgehead atoms. The Balaban J connectivity index is 1.55. The monoisotopic (exact) mass is 446 g/mol. The molecule has 0 aliphatic rings. The SMILES string of the molecule is CC(=O)NC(C)c1ccc(-c2csc(NC(=O)c3cc(=O)n(C)c4ccccc34)n2)cc1. The normalized spacial score (nSPS) is 11.8. The fourth-order valence-corrected chi connectivity index (χ4v) is 4.27. The summed E-state index contributed by atoms with van der Waals surface area (Å²) in [5, 5.41) is 8.68. The van der Waals surface area contributed by atoms with E-state index in [1.807, 2.05) is 60.8 Å². The molecular formula is C24H22N4O3S. The number of amides is 2. The zero-order valence-corrected chi connectivity index (χ0v) is 18.7. The highest BCUT2D eigenvalue weighted by atomic mass is 32.1. The van der Waals surface area contributed by atoms with Crippen molar-refractivity contribution in [2.24, 2.45) is 7.05 Å². The van der Waals surface area contributed by atoms with Crippen LogP contribution in [0.3, 0.4) is 0 Å². The number of hydrogen-bond acceptors (Lipinski definition) is 5. The van der Waals surface area contributed by atoms with E-state index in [1.165, 1.54) is 28.9 Å². The van der Waals surface area contributed by atoms with Gasteiger partial charge < -0.3 is 9.88 Å². The summed E-state index contributed by atoms with van der Waals surface area (Å²) in [5.74, 6) is -0.454. The minimum atomic E-state index is -0.376. The van der Waals surface area contributed by atoms with Crippen molar-refractivity contribution < 1.29 is 9.59 Å². The lowest BCUT2D eigenvalue weighted by Crippen LogP contribution is -2.23. The zero-order chi connectivity index (χ0) is 22.8. The molecule has 1 atom stereocenters. The number of carbonyl (C=O) groups excluding carboxylic acids is 2. The zero-order valence-electron chi connectivity index (χ0n) is 17.9. The van der Waals surface area contributed by atoms with Crippen molar-refractivity contribution in [3.63, 3.8) is 0 Å². The summed E-state index contributed by atoms with van der Waals surface area (Å²) in [4.78, 5) is 41.0. The third-order valence-electron chi connectivity index (χ3n) is 5.25. The van der Waals surface area contributed by atoms with Gasteiger partial charge in [0.2, 0.25) is 5.91 Å². The van der Waals surface area contributed by atoms with Crippen molar-refractivity contribution in [3.05, 3.63) is 81.5 Å². The Hall–Kier alpha value is -3.78. The molecule has 4 aromatic rings. The Morgan fingerprint density at radius 2 is 1.81 bits per heavy atom. The molecule has 4 rings (SSSR count). The summed E-state index contributed by atoms with van der Waals surface area (Å²) >= 11 is 1.32. The molecule has 0 fully saturated rings. The number of aromatic nitrogens is 2. The largest absolute Gasteiger partial charge is 0.350 e. The number of aryl methyl sites for hydroxylation is 1. The molecule has 1 unspecified atom stereocenters. The minimum absolute atomic E-state index is 0.0782. The maximum absolute atomic E-state index is 12.9. The van der Waals surface area contributed by atoms with Crippen LogP contribution in [0, 0.1) is 0 Å². The second-order valence-electron chi connectivity index (χ2n) is 7.51. The molecule has 2 aromatic heterocycles. The van der Waals surface area contributed by atoms with Gasteiger partial charge in [-0.2, -0.15) is 0 Å². The molecule has 7 nitrogen and oxygen atoms in total. The van der Waals surface area contributed by atoms with Gasteiger partial charge in [0.25, 0.3) is 11.5 Å². The van der Waals surface area contributed by atoms with Gasteiger partial charge in [0.05, 0.1) is 22.8 Å². The Bertz CT molecular complexity index is 1370. The van der Waals surface area contributed by atoms with Gasteiger partial charge in [-0.15, -0.1) is 11.3 Å². The second-order valence-corrected chi connectivity index (χ2v) is 8.37. The molecule has 32 heavy (non-hydrogen) atoms. The van der Waals surface area contributed by atoms with Crippen LogP contribution in [0.15, 0.2) is 64.8 Å². The summed E-state index contributed by atoms with van der Waals surface area (Å²) in [7, 11) is 1.68. The molecular weight excluding hydrogens is 424 g/mol. The Morgan fingerprint density at radius 3 is 2.53 bits per heavy atom. The van der Waals surface area contributed by atoms with Crippen molar-refractivity contribution in [1.29, 1.82) is 0 Å². The van der Waals surface area contributed by atoms with Crippen molar-refractivity contribution >= 4 is 39.2 Å². The standard InChI is InChI=1S/C24H22N4O3S/c1-14(25-15(2)29)16-8-10-17(11-9-16)20-13-32-24(26-20)27-23(31)19-12-22(30)28(3)21-7-5-4-6-18(19)21/h4-14H,1-3H3,(H,25,29)(H,26,27,31). The first kappa shape index (κ1) is 21.5. The number of para-hydroxylation sites is 1. The number of nitrogens with one attached hydrogen (secondary N) is 2. The van der Waals surface area contributed by atoms with E-state index in [4.69, 9.17) is 0 Å². The fraction of sp³-hybridized carbons (Fsp3) is 0.167. The topological polar surface area (TPSA) is 93.1 Å². The third-order valence-corrected chi connectivity index (χ3v) is 6.01. The number of fused-ring (bicyclic) bond motifs is 1. The third kappa shape index (κ3) is 4.31. The first-order valence-corrected chi connectivity index (χ1v) is 10.9. The number of rotatable bonds is 5. The van der Waals surface area contributed by atoms with Gasteiger partial charge in [0, 0.05) is 36.4 Å². The number of thiazole rings is 1. The number of hydrogen-bond donors (Lipinski definition) is 2. The van der Waals surface area contributed by atoms with E-state index in [0.29, 0.717) is 21.6 Å². The number of carbonyl (C=O) groups is 2. The van der Waals surface area contributed by atoms with Crippen LogP contribution in [0.25, 0.3) is 22.2 Å². The Labute approximate surface area is 188 Å². The molecule has 0 aliphatic carbocycles. The molecule has 0 spiro atoms. The number of pyridine rings is 1. The lowest BCUT2D eigenvalue weighted by atomic mass is 10.1. The van der Waals surface area contributed by atoms with Crippen LogP contribution >= 0.6 is 11.3 Å². The van der Waals surface area contributed by atoms with E-state index in [9.17, 15) is 14.4 Å². The van der Waals surface area contributed by atoms with Gasteiger partial charge in [-0.3, -0.25) is 19.7 Å². The highest BCUT2D eigenvalue weighted by Crippen LogP contribution is 2.27. The first-order valence-electron chi connectivity index (χ1n) is 10.1. The van der Waals surface area contributed by atoms with Crippen LogP contribution in [-0.2, 0) is 11.8 Å². The lowest BCUT2D eigenvalue weighted by Gasteiger charge is -2.13. The summed E-state index contributed by atoms with van der Waals surface area (Å²) < 4.78 is 1.52. The summed E-state index contributed by atoms with van der Waals surface area (Å²) in [6.07, 6.45) is 0. The van der Waals surface area contributed by atoms with E-state index < -0.39 is 0 Å². The minimum Gasteiger partial charge on any atom is -0.350 e. The number of anilines is 1. The predicted molar refractivity (Wildman–Crippen MR) is 127 cm³/mol. The molecule has 0 saturated carbocycles. The Kier molecular flexibility index (Phi) is 5.87. The van der Waals surface area contributed by atoms with E-state index in [2.05, 4.69) is 15.6 Å². The molecule has 8 heteroatoms. The van der Waals surface area contributed by atoms with Gasteiger partial charge in [0.15, 0.2) is 5.13 Å². The van der Waals surface area contributed by atoms with Gasteiger partial charge in [0.1, 0.15) is 0 Å². The van der Waals surface area contributed by atoms with Gasteiger partial charge in [-0.25, -0.2) is 4.98 Å². The van der Waals surface area contributed by atoms with Crippen LogP contribution in [-0.4, -0.2) is 21.4 Å². The predicted octanol–water partition coefficient (Wildman–Crippen LogP) is 4.11.